The molecule has 1 saturated heterocycles. The fourth-order valence-corrected chi connectivity index (χ4v) is 3.89. The number of hydrogen-bond donors (Lipinski definition) is 0. The number of ketones is 1. The number of rotatable bonds is 5. The third-order valence-corrected chi connectivity index (χ3v) is 5.36. The van der Waals surface area contributed by atoms with Crippen LogP contribution >= 0.6 is 0 Å². The second kappa shape index (κ2) is 7.45. The van der Waals surface area contributed by atoms with E-state index in [1.54, 1.807) is 7.11 Å². The van der Waals surface area contributed by atoms with Gasteiger partial charge >= 0.3 is 0 Å². The van der Waals surface area contributed by atoms with Gasteiger partial charge in [-0.2, -0.15) is 0 Å². The third kappa shape index (κ3) is 3.43. The lowest BCUT2D eigenvalue weighted by molar-refractivity contribution is 0.0928. The van der Waals surface area contributed by atoms with E-state index in [1.807, 2.05) is 54.2 Å². The van der Waals surface area contributed by atoms with Crippen LogP contribution in [0.5, 0.6) is 5.75 Å². The predicted molar refractivity (Wildman–Crippen MR) is 109 cm³/mol. The molecular formula is C22H25N3O2. The van der Waals surface area contributed by atoms with E-state index in [-0.39, 0.29) is 5.78 Å². The maximum absolute atomic E-state index is 12.9. The number of hydrogen-bond acceptors (Lipinski definition) is 4. The number of carbonyl (C=O) groups is 1. The summed E-state index contributed by atoms with van der Waals surface area (Å²) in [6, 6.07) is 16.2. The van der Waals surface area contributed by atoms with Crippen molar-refractivity contribution >= 4 is 22.4 Å². The van der Waals surface area contributed by atoms with Gasteiger partial charge in [0.05, 0.1) is 19.3 Å². The van der Waals surface area contributed by atoms with Crippen LogP contribution in [-0.4, -0.2) is 55.1 Å². The summed E-state index contributed by atoms with van der Waals surface area (Å²) in [5.74, 6) is 1.09. The molecule has 3 aromatic rings. The highest BCUT2D eigenvalue weighted by Gasteiger charge is 2.22. The van der Waals surface area contributed by atoms with Gasteiger partial charge in [-0.15, -0.1) is 0 Å². The van der Waals surface area contributed by atoms with E-state index in [0.29, 0.717) is 6.54 Å². The standard InChI is InChI=1S/C22H25N3O2/c1-23-15-18(17-7-3-4-8-19(17)23)21(26)16-24-11-13-25(14-12-24)20-9-5-6-10-22(20)27-2/h3-10,15H,11-14,16H2,1-2H3. The molecule has 2 heterocycles. The van der Waals surface area contributed by atoms with Gasteiger partial charge in [-0.25, -0.2) is 0 Å². The average molecular weight is 363 g/mol. The number of anilines is 1. The Morgan fingerprint density at radius 3 is 2.48 bits per heavy atom. The summed E-state index contributed by atoms with van der Waals surface area (Å²) in [4.78, 5) is 17.5. The molecule has 4 rings (SSSR count). The third-order valence-electron chi connectivity index (χ3n) is 5.36. The molecule has 0 spiro atoms. The number of carbonyl (C=O) groups excluding carboxylic acids is 1. The summed E-state index contributed by atoms with van der Waals surface area (Å²) in [6.45, 7) is 3.99. The molecule has 1 fully saturated rings. The maximum Gasteiger partial charge on any atom is 0.178 e. The Kier molecular flexibility index (Phi) is 4.86. The van der Waals surface area contributed by atoms with E-state index in [9.17, 15) is 4.79 Å². The minimum atomic E-state index is 0.192. The zero-order valence-electron chi connectivity index (χ0n) is 15.9. The van der Waals surface area contributed by atoms with Crippen molar-refractivity contribution in [1.82, 2.24) is 9.47 Å². The van der Waals surface area contributed by atoms with Crippen molar-refractivity contribution in [1.29, 1.82) is 0 Å². The smallest absolute Gasteiger partial charge is 0.178 e. The topological polar surface area (TPSA) is 37.7 Å². The van der Waals surface area contributed by atoms with Crippen LogP contribution < -0.4 is 9.64 Å². The van der Waals surface area contributed by atoms with Gasteiger partial charge in [0.1, 0.15) is 5.75 Å². The molecule has 1 aliphatic heterocycles. The summed E-state index contributed by atoms with van der Waals surface area (Å²) in [5.41, 5.74) is 3.04. The number of aromatic nitrogens is 1. The molecule has 0 radical (unpaired) electrons. The molecule has 0 aliphatic carbocycles. The number of ether oxygens (including phenoxy) is 1. The first kappa shape index (κ1) is 17.6. The van der Waals surface area contributed by atoms with E-state index in [1.165, 1.54) is 0 Å². The number of benzene rings is 2. The quantitative estimate of drug-likeness (QED) is 0.653. The summed E-state index contributed by atoms with van der Waals surface area (Å²) in [6.07, 6.45) is 1.96. The van der Waals surface area contributed by atoms with Crippen LogP contribution in [0.15, 0.2) is 54.7 Å². The van der Waals surface area contributed by atoms with Gasteiger partial charge in [-0.3, -0.25) is 9.69 Å². The first-order chi connectivity index (χ1) is 13.2. The molecule has 0 N–H and O–H groups in total. The Labute approximate surface area is 159 Å². The van der Waals surface area contributed by atoms with Crippen LogP contribution in [0.4, 0.5) is 5.69 Å². The zero-order chi connectivity index (χ0) is 18.8. The van der Waals surface area contributed by atoms with Crippen molar-refractivity contribution in [2.75, 3.05) is 44.7 Å². The fraction of sp³-hybridized carbons (Fsp3) is 0.318. The number of piperazine rings is 1. The molecule has 0 unspecified atom stereocenters. The lowest BCUT2D eigenvalue weighted by Crippen LogP contribution is -2.48. The monoisotopic (exact) mass is 363 g/mol. The summed E-state index contributed by atoms with van der Waals surface area (Å²) in [7, 11) is 3.70. The Balaban J connectivity index is 1.42. The van der Waals surface area contributed by atoms with E-state index in [0.717, 1.165) is 54.1 Å². The largest absolute Gasteiger partial charge is 0.495 e. The molecule has 0 amide bonds. The molecule has 0 atom stereocenters. The minimum Gasteiger partial charge on any atom is -0.495 e. The number of para-hydroxylation sites is 3. The molecule has 5 heteroatoms. The Morgan fingerprint density at radius 1 is 1.00 bits per heavy atom. The Morgan fingerprint density at radius 2 is 1.70 bits per heavy atom. The number of aryl methyl sites for hydroxylation is 1. The van der Waals surface area contributed by atoms with Crippen LogP contribution in [0, 0.1) is 0 Å². The van der Waals surface area contributed by atoms with Gasteiger partial charge in [-0.1, -0.05) is 30.3 Å². The highest BCUT2D eigenvalue weighted by molar-refractivity contribution is 6.09. The summed E-state index contributed by atoms with van der Waals surface area (Å²) in [5, 5.41) is 1.04. The van der Waals surface area contributed by atoms with E-state index in [2.05, 4.69) is 21.9 Å². The number of nitrogens with zero attached hydrogens (tertiary/aromatic N) is 3. The van der Waals surface area contributed by atoms with E-state index >= 15 is 0 Å². The summed E-state index contributed by atoms with van der Waals surface area (Å²) >= 11 is 0. The molecule has 1 aliphatic rings. The van der Waals surface area contributed by atoms with E-state index < -0.39 is 0 Å². The van der Waals surface area contributed by atoms with E-state index in [4.69, 9.17) is 4.74 Å². The molecule has 0 bridgehead atoms. The predicted octanol–water partition coefficient (Wildman–Crippen LogP) is 3.19. The van der Waals surface area contributed by atoms with Crippen molar-refractivity contribution in [3.8, 4) is 5.75 Å². The second-order valence-electron chi connectivity index (χ2n) is 7.03. The van der Waals surface area contributed by atoms with Gasteiger partial charge < -0.3 is 14.2 Å². The molecule has 2 aromatic carbocycles. The SMILES string of the molecule is COc1ccccc1N1CCN(CC(=O)c2cn(C)c3ccccc23)CC1. The highest BCUT2D eigenvalue weighted by Crippen LogP contribution is 2.28. The average Bonchev–Trinajstić information content (AvgIpc) is 3.06. The van der Waals surface area contributed by atoms with Crippen molar-refractivity contribution in [2.45, 2.75) is 0 Å². The molecular weight excluding hydrogens is 338 g/mol. The van der Waals surface area contributed by atoms with Crippen molar-refractivity contribution < 1.29 is 9.53 Å². The lowest BCUT2D eigenvalue weighted by Gasteiger charge is -2.36. The minimum absolute atomic E-state index is 0.192. The maximum atomic E-state index is 12.9. The molecule has 27 heavy (non-hydrogen) atoms. The van der Waals surface area contributed by atoms with Crippen LogP contribution in [0.1, 0.15) is 10.4 Å². The Hall–Kier alpha value is -2.79. The second-order valence-corrected chi connectivity index (χ2v) is 7.03. The molecule has 5 nitrogen and oxygen atoms in total. The first-order valence-corrected chi connectivity index (χ1v) is 9.35. The van der Waals surface area contributed by atoms with Crippen molar-refractivity contribution in [3.05, 3.63) is 60.3 Å². The highest BCUT2D eigenvalue weighted by atomic mass is 16.5. The van der Waals surface area contributed by atoms with Crippen LogP contribution in [0.25, 0.3) is 10.9 Å². The first-order valence-electron chi connectivity index (χ1n) is 9.35. The molecule has 140 valence electrons. The fourth-order valence-electron chi connectivity index (χ4n) is 3.89. The lowest BCUT2D eigenvalue weighted by atomic mass is 10.1. The van der Waals surface area contributed by atoms with Gasteiger partial charge in [0.15, 0.2) is 5.78 Å². The number of fused-ring (bicyclic) bond motifs is 1. The van der Waals surface area contributed by atoms with Crippen LogP contribution in [0.2, 0.25) is 0 Å². The normalized spacial score (nSPS) is 15.3. The zero-order valence-corrected chi connectivity index (χ0v) is 15.9. The van der Waals surface area contributed by atoms with Crippen LogP contribution in [0.3, 0.4) is 0 Å². The Bertz CT molecular complexity index is 955. The van der Waals surface area contributed by atoms with Crippen molar-refractivity contribution in [3.63, 3.8) is 0 Å². The van der Waals surface area contributed by atoms with Gasteiger partial charge in [0, 0.05) is 55.9 Å². The van der Waals surface area contributed by atoms with Crippen molar-refractivity contribution in [2.24, 2.45) is 7.05 Å². The van der Waals surface area contributed by atoms with Crippen LogP contribution in [-0.2, 0) is 7.05 Å². The molecule has 0 saturated carbocycles. The van der Waals surface area contributed by atoms with Gasteiger partial charge in [0.2, 0.25) is 0 Å². The summed E-state index contributed by atoms with van der Waals surface area (Å²) < 4.78 is 7.51. The number of Topliss-reactive ketones (excluding diaryl/α,β-unsaturated/α-hetero) is 1. The number of methoxy groups -OCH3 is 1. The molecule has 1 aromatic heterocycles. The van der Waals surface area contributed by atoms with Gasteiger partial charge in [-0.05, 0) is 18.2 Å². The van der Waals surface area contributed by atoms with Gasteiger partial charge in [0.25, 0.3) is 0 Å².